The number of benzene rings is 1. The number of carbonyl (C=O) groups excluding carboxylic acids is 2. The summed E-state index contributed by atoms with van der Waals surface area (Å²) in [6, 6.07) is 7.19. The molecule has 0 radical (unpaired) electrons. The van der Waals surface area contributed by atoms with Gasteiger partial charge in [-0.1, -0.05) is 50.3 Å². The summed E-state index contributed by atoms with van der Waals surface area (Å²) in [6.45, 7) is 4.42. The lowest BCUT2D eigenvalue weighted by Crippen LogP contribution is -2.41. The highest BCUT2D eigenvalue weighted by molar-refractivity contribution is 7.80. The first kappa shape index (κ1) is 17.1. The number of amides is 2. The minimum absolute atomic E-state index is 0.0536. The Balaban J connectivity index is 2.75. The summed E-state index contributed by atoms with van der Waals surface area (Å²) in [5.74, 6) is -0.358. The molecule has 0 spiro atoms. The Morgan fingerprint density at radius 1 is 1.19 bits per heavy atom. The Labute approximate surface area is 130 Å². The molecule has 0 atom stereocenters. The molecule has 0 heterocycles. The third-order valence-electron chi connectivity index (χ3n) is 2.88. The Kier molecular flexibility index (Phi) is 6.30. The SMILES string of the molecule is CC(C)CN(CC(N)=O)C(=O)Cc1ccc(C(N)=S)cc1. The van der Waals surface area contributed by atoms with Crippen molar-refractivity contribution in [3.8, 4) is 0 Å². The molecule has 0 saturated carbocycles. The molecule has 4 N–H and O–H groups in total. The van der Waals surface area contributed by atoms with E-state index in [-0.39, 0.29) is 24.8 Å². The van der Waals surface area contributed by atoms with Crippen molar-refractivity contribution in [3.63, 3.8) is 0 Å². The van der Waals surface area contributed by atoms with Gasteiger partial charge in [0.15, 0.2) is 0 Å². The fraction of sp³-hybridized carbons (Fsp3) is 0.400. The van der Waals surface area contributed by atoms with Crippen LogP contribution in [0, 0.1) is 5.92 Å². The van der Waals surface area contributed by atoms with Crippen molar-refractivity contribution in [1.82, 2.24) is 4.90 Å². The molecule has 0 bridgehead atoms. The quantitative estimate of drug-likeness (QED) is 0.730. The predicted octanol–water partition coefficient (Wildman–Crippen LogP) is 0.833. The van der Waals surface area contributed by atoms with Gasteiger partial charge >= 0.3 is 0 Å². The van der Waals surface area contributed by atoms with Crippen LogP contribution >= 0.6 is 12.2 Å². The van der Waals surface area contributed by atoms with Gasteiger partial charge in [-0.15, -0.1) is 0 Å². The average Bonchev–Trinajstić information content (AvgIpc) is 2.37. The maximum Gasteiger partial charge on any atom is 0.237 e. The number of nitrogens with two attached hydrogens (primary N) is 2. The van der Waals surface area contributed by atoms with Gasteiger partial charge in [0.2, 0.25) is 11.8 Å². The molecule has 6 heteroatoms. The fourth-order valence-electron chi connectivity index (χ4n) is 1.96. The highest BCUT2D eigenvalue weighted by Gasteiger charge is 2.17. The van der Waals surface area contributed by atoms with Crippen molar-refractivity contribution in [3.05, 3.63) is 35.4 Å². The molecule has 0 fully saturated rings. The average molecular weight is 307 g/mol. The largest absolute Gasteiger partial charge is 0.389 e. The van der Waals surface area contributed by atoms with E-state index in [1.165, 1.54) is 4.90 Å². The van der Waals surface area contributed by atoms with Gasteiger partial charge in [0, 0.05) is 12.1 Å². The molecule has 114 valence electrons. The summed E-state index contributed by atoms with van der Waals surface area (Å²) < 4.78 is 0. The van der Waals surface area contributed by atoms with Crippen molar-refractivity contribution >= 4 is 29.0 Å². The van der Waals surface area contributed by atoms with Crippen LogP contribution in [0.3, 0.4) is 0 Å². The smallest absolute Gasteiger partial charge is 0.237 e. The molecule has 1 aromatic rings. The van der Waals surface area contributed by atoms with Crippen LogP contribution in [0.2, 0.25) is 0 Å². The van der Waals surface area contributed by atoms with Crippen molar-refractivity contribution in [2.45, 2.75) is 20.3 Å². The predicted molar refractivity (Wildman–Crippen MR) is 86.6 cm³/mol. The standard InChI is InChI=1S/C15H21N3O2S/c1-10(2)8-18(9-13(16)19)14(20)7-11-3-5-12(6-4-11)15(17)21/h3-6,10H,7-9H2,1-2H3,(H2,16,19)(H2,17,21). The van der Waals surface area contributed by atoms with Crippen LogP contribution < -0.4 is 11.5 Å². The van der Waals surface area contributed by atoms with E-state index in [2.05, 4.69) is 0 Å². The lowest BCUT2D eigenvalue weighted by atomic mass is 10.1. The van der Waals surface area contributed by atoms with Gasteiger partial charge in [0.25, 0.3) is 0 Å². The maximum atomic E-state index is 12.3. The molecule has 0 aliphatic carbocycles. The van der Waals surface area contributed by atoms with Crippen LogP contribution in [-0.2, 0) is 16.0 Å². The minimum atomic E-state index is -0.507. The van der Waals surface area contributed by atoms with Gasteiger partial charge in [0.1, 0.15) is 4.99 Å². The number of hydrogen-bond acceptors (Lipinski definition) is 3. The van der Waals surface area contributed by atoms with Crippen molar-refractivity contribution in [2.75, 3.05) is 13.1 Å². The summed E-state index contributed by atoms with van der Waals surface area (Å²) in [5, 5.41) is 0. The number of rotatable bonds is 7. The van der Waals surface area contributed by atoms with Crippen molar-refractivity contribution in [2.24, 2.45) is 17.4 Å². The first-order valence-electron chi connectivity index (χ1n) is 6.74. The summed E-state index contributed by atoms with van der Waals surface area (Å²) >= 11 is 4.88. The number of thiocarbonyl (C=S) groups is 1. The monoisotopic (exact) mass is 307 g/mol. The zero-order valence-electron chi connectivity index (χ0n) is 12.3. The van der Waals surface area contributed by atoms with E-state index >= 15 is 0 Å². The number of carbonyl (C=O) groups is 2. The van der Waals surface area contributed by atoms with E-state index in [0.29, 0.717) is 11.5 Å². The van der Waals surface area contributed by atoms with E-state index in [4.69, 9.17) is 23.7 Å². The normalized spacial score (nSPS) is 10.4. The maximum absolute atomic E-state index is 12.3. The molecular weight excluding hydrogens is 286 g/mol. The van der Waals surface area contributed by atoms with Gasteiger partial charge in [-0.25, -0.2) is 0 Å². The van der Waals surface area contributed by atoms with Crippen LogP contribution in [0.15, 0.2) is 24.3 Å². The molecule has 2 amide bonds. The summed E-state index contributed by atoms with van der Waals surface area (Å²) in [6.07, 6.45) is 0.220. The number of primary amides is 1. The molecule has 5 nitrogen and oxygen atoms in total. The first-order valence-corrected chi connectivity index (χ1v) is 7.15. The number of hydrogen-bond donors (Lipinski definition) is 2. The van der Waals surface area contributed by atoms with Crippen LogP contribution in [0.5, 0.6) is 0 Å². The molecule has 1 rings (SSSR count). The molecule has 21 heavy (non-hydrogen) atoms. The Hall–Kier alpha value is -1.95. The Bertz CT molecular complexity index is 526. The minimum Gasteiger partial charge on any atom is -0.389 e. The molecule has 1 aromatic carbocycles. The van der Waals surface area contributed by atoms with Gasteiger partial charge in [-0.3, -0.25) is 9.59 Å². The van der Waals surface area contributed by atoms with Crippen LogP contribution in [0.1, 0.15) is 25.0 Å². The van der Waals surface area contributed by atoms with Crippen molar-refractivity contribution < 1.29 is 9.59 Å². The third kappa shape index (κ3) is 5.91. The molecule has 0 aliphatic rings. The van der Waals surface area contributed by atoms with E-state index in [9.17, 15) is 9.59 Å². The van der Waals surface area contributed by atoms with Crippen LogP contribution in [0.25, 0.3) is 0 Å². The van der Waals surface area contributed by atoms with Gasteiger partial charge in [-0.2, -0.15) is 0 Å². The lowest BCUT2D eigenvalue weighted by molar-refractivity contribution is -0.135. The van der Waals surface area contributed by atoms with Gasteiger partial charge in [-0.05, 0) is 11.5 Å². The summed E-state index contributed by atoms with van der Waals surface area (Å²) in [5.41, 5.74) is 12.3. The van der Waals surface area contributed by atoms with E-state index in [1.54, 1.807) is 12.1 Å². The van der Waals surface area contributed by atoms with Crippen LogP contribution in [-0.4, -0.2) is 34.8 Å². The first-order chi connectivity index (χ1) is 9.79. The lowest BCUT2D eigenvalue weighted by Gasteiger charge is -2.23. The van der Waals surface area contributed by atoms with E-state index < -0.39 is 5.91 Å². The molecular formula is C15H21N3O2S. The zero-order valence-corrected chi connectivity index (χ0v) is 13.2. The summed E-state index contributed by atoms with van der Waals surface area (Å²) in [7, 11) is 0. The molecule has 0 unspecified atom stereocenters. The highest BCUT2D eigenvalue weighted by atomic mass is 32.1. The third-order valence-corrected chi connectivity index (χ3v) is 3.11. The van der Waals surface area contributed by atoms with E-state index in [1.807, 2.05) is 26.0 Å². The second-order valence-electron chi connectivity index (χ2n) is 5.37. The highest BCUT2D eigenvalue weighted by Crippen LogP contribution is 2.08. The second kappa shape index (κ2) is 7.73. The zero-order chi connectivity index (χ0) is 16.0. The molecule has 0 saturated heterocycles. The van der Waals surface area contributed by atoms with Crippen LogP contribution in [0.4, 0.5) is 0 Å². The topological polar surface area (TPSA) is 89.4 Å². The van der Waals surface area contributed by atoms with Gasteiger partial charge in [0.05, 0.1) is 13.0 Å². The summed E-state index contributed by atoms with van der Waals surface area (Å²) in [4.78, 5) is 25.2. The Morgan fingerprint density at radius 2 is 1.76 bits per heavy atom. The van der Waals surface area contributed by atoms with E-state index in [0.717, 1.165) is 11.1 Å². The van der Waals surface area contributed by atoms with Crippen molar-refractivity contribution in [1.29, 1.82) is 0 Å². The van der Waals surface area contributed by atoms with Gasteiger partial charge < -0.3 is 16.4 Å². The molecule has 0 aromatic heterocycles. The second-order valence-corrected chi connectivity index (χ2v) is 5.81. The number of nitrogens with zero attached hydrogens (tertiary/aromatic N) is 1. The Morgan fingerprint density at radius 3 is 2.19 bits per heavy atom. The molecule has 0 aliphatic heterocycles. The fourth-order valence-corrected chi connectivity index (χ4v) is 2.09.